The number of nitrogens with two attached hydrogens (primary N) is 1. The Bertz CT molecular complexity index is 1740. The lowest BCUT2D eigenvalue weighted by molar-refractivity contribution is -0.140. The number of nitriles is 1. The maximum atomic E-state index is 16.3. The third kappa shape index (κ3) is 3.82. The van der Waals surface area contributed by atoms with Gasteiger partial charge in [-0.3, -0.25) is 4.90 Å². The molecular formula is C27H22ClF2N5O3S. The van der Waals surface area contributed by atoms with E-state index in [0.29, 0.717) is 11.7 Å². The predicted octanol–water partition coefficient (Wildman–Crippen LogP) is 6.52. The zero-order chi connectivity index (χ0) is 27.6. The lowest BCUT2D eigenvalue weighted by Gasteiger charge is -2.32. The number of hydrogen-bond acceptors (Lipinski definition) is 9. The van der Waals surface area contributed by atoms with Gasteiger partial charge >= 0.3 is 6.01 Å². The van der Waals surface area contributed by atoms with Crippen LogP contribution in [0.15, 0.2) is 30.5 Å². The average molecular weight is 570 g/mol. The van der Waals surface area contributed by atoms with Crippen molar-refractivity contribution in [1.82, 2.24) is 14.9 Å². The molecule has 4 heterocycles. The van der Waals surface area contributed by atoms with E-state index >= 15 is 4.39 Å². The molecule has 0 amide bonds. The van der Waals surface area contributed by atoms with Crippen molar-refractivity contribution in [2.24, 2.45) is 5.92 Å². The summed E-state index contributed by atoms with van der Waals surface area (Å²) in [5.41, 5.74) is 5.40. The van der Waals surface area contributed by atoms with E-state index in [1.807, 2.05) is 6.07 Å². The number of hydrogen-bond donors (Lipinski definition) is 2. The van der Waals surface area contributed by atoms with E-state index in [-0.39, 0.29) is 65.1 Å². The van der Waals surface area contributed by atoms with Gasteiger partial charge < -0.3 is 15.4 Å². The molecule has 0 saturated carbocycles. The summed E-state index contributed by atoms with van der Waals surface area (Å²) in [7, 11) is 0. The van der Waals surface area contributed by atoms with E-state index in [0.717, 1.165) is 49.8 Å². The Balaban J connectivity index is 1.51. The summed E-state index contributed by atoms with van der Waals surface area (Å²) < 4.78 is 37.0. The maximum absolute atomic E-state index is 16.3. The highest BCUT2D eigenvalue weighted by molar-refractivity contribution is 7.23. The molecule has 2 fully saturated rings. The van der Waals surface area contributed by atoms with Crippen LogP contribution in [0.1, 0.15) is 31.7 Å². The molecule has 1 unspecified atom stereocenters. The molecule has 2 saturated heterocycles. The number of aromatic nitrogens is 2. The Morgan fingerprint density at radius 1 is 1.38 bits per heavy atom. The molecule has 39 heavy (non-hydrogen) atoms. The van der Waals surface area contributed by atoms with Crippen molar-refractivity contribution < 1.29 is 23.7 Å². The van der Waals surface area contributed by atoms with Gasteiger partial charge in [-0.15, -0.1) is 11.3 Å². The lowest BCUT2D eigenvalue weighted by atomic mass is 9.89. The topological polar surface area (TPSA) is 118 Å². The van der Waals surface area contributed by atoms with Crippen molar-refractivity contribution in [1.29, 1.82) is 5.26 Å². The zero-order valence-electron chi connectivity index (χ0n) is 20.7. The molecule has 0 radical (unpaired) electrons. The molecule has 0 spiro atoms. The Morgan fingerprint density at radius 2 is 2.18 bits per heavy atom. The standard InChI is InChI=1S/C27H22ClF2N5O3S/c1-12-9-27(6-3-7-35(27)11-12)13(2)37-26-33-22-15(25(34-26)38-36)8-17(28)20(21(22)30)14-4-5-18(29)23-19(14)16(10-31)24(32)39-23/h4-5,8,12,36H,2-3,6-7,9,11,32H2,1H3/t12?,27-/m0/s1. The predicted molar refractivity (Wildman–Crippen MR) is 145 cm³/mol. The maximum Gasteiger partial charge on any atom is 0.325 e. The number of ether oxygens (including phenoxy) is 1. The number of nitrogens with zero attached hydrogens (tertiary/aromatic N) is 4. The average Bonchev–Trinajstić information content (AvgIpc) is 3.55. The minimum absolute atomic E-state index is 0.0134. The molecule has 2 aliphatic rings. The van der Waals surface area contributed by atoms with Gasteiger partial charge in [0.2, 0.25) is 0 Å². The summed E-state index contributed by atoms with van der Waals surface area (Å²) in [5, 5.41) is 19.4. The molecule has 200 valence electrons. The van der Waals surface area contributed by atoms with E-state index in [4.69, 9.17) is 22.1 Å². The number of nitrogen functional groups attached to an aromatic ring is 1. The molecule has 0 aliphatic carbocycles. The van der Waals surface area contributed by atoms with Gasteiger partial charge in [0, 0.05) is 17.5 Å². The number of thiophene rings is 1. The van der Waals surface area contributed by atoms with Crippen LogP contribution in [-0.2, 0) is 0 Å². The first-order valence-corrected chi connectivity index (χ1v) is 13.4. The number of halogens is 3. The molecule has 2 atom stereocenters. The number of benzene rings is 2. The van der Waals surface area contributed by atoms with E-state index < -0.39 is 11.6 Å². The zero-order valence-corrected chi connectivity index (χ0v) is 22.3. The Kier molecular flexibility index (Phi) is 6.11. The van der Waals surface area contributed by atoms with Crippen LogP contribution in [0.4, 0.5) is 13.8 Å². The highest BCUT2D eigenvalue weighted by Gasteiger charge is 2.50. The smallest absolute Gasteiger partial charge is 0.325 e. The van der Waals surface area contributed by atoms with Crippen molar-refractivity contribution in [2.75, 3.05) is 18.8 Å². The van der Waals surface area contributed by atoms with Crippen molar-refractivity contribution in [2.45, 2.75) is 31.7 Å². The summed E-state index contributed by atoms with van der Waals surface area (Å²) in [6, 6.07) is 5.53. The molecule has 6 rings (SSSR count). The number of rotatable bonds is 5. The van der Waals surface area contributed by atoms with E-state index in [1.54, 1.807) is 0 Å². The number of fused-ring (bicyclic) bond motifs is 3. The van der Waals surface area contributed by atoms with Gasteiger partial charge in [0.1, 0.15) is 28.2 Å². The second kappa shape index (κ2) is 9.27. The fourth-order valence-corrected chi connectivity index (χ4v) is 7.35. The van der Waals surface area contributed by atoms with Gasteiger partial charge in [-0.2, -0.15) is 15.2 Å². The van der Waals surface area contributed by atoms with Crippen LogP contribution in [0.5, 0.6) is 11.9 Å². The van der Waals surface area contributed by atoms with Crippen molar-refractivity contribution >= 4 is 48.9 Å². The summed E-state index contributed by atoms with van der Waals surface area (Å²) >= 11 is 7.40. The minimum atomic E-state index is -0.898. The third-order valence-corrected chi connectivity index (χ3v) is 9.01. The molecule has 2 aliphatic heterocycles. The van der Waals surface area contributed by atoms with Crippen LogP contribution in [0.2, 0.25) is 5.02 Å². The van der Waals surface area contributed by atoms with Gasteiger partial charge in [0.15, 0.2) is 5.82 Å². The summed E-state index contributed by atoms with van der Waals surface area (Å²) in [6.45, 7) is 8.18. The molecule has 2 aromatic carbocycles. The van der Waals surface area contributed by atoms with Crippen LogP contribution in [-0.4, -0.2) is 38.8 Å². The van der Waals surface area contributed by atoms with Crippen LogP contribution in [0.25, 0.3) is 32.1 Å². The fraction of sp³-hybridized carbons (Fsp3) is 0.296. The van der Waals surface area contributed by atoms with Gasteiger partial charge in [-0.05, 0) is 49.4 Å². The summed E-state index contributed by atoms with van der Waals surface area (Å²) in [5.74, 6) is -0.963. The number of anilines is 1. The fourth-order valence-electron chi connectivity index (χ4n) is 6.10. The first-order chi connectivity index (χ1) is 18.7. The lowest BCUT2D eigenvalue weighted by Crippen LogP contribution is -2.41. The Morgan fingerprint density at radius 3 is 2.92 bits per heavy atom. The second-order valence-corrected chi connectivity index (χ2v) is 11.5. The molecule has 8 nitrogen and oxygen atoms in total. The monoisotopic (exact) mass is 569 g/mol. The first kappa shape index (κ1) is 25.7. The van der Waals surface area contributed by atoms with Gasteiger partial charge in [-0.1, -0.05) is 31.2 Å². The van der Waals surface area contributed by atoms with Gasteiger partial charge in [0.05, 0.1) is 26.2 Å². The van der Waals surface area contributed by atoms with Gasteiger partial charge in [-0.25, -0.2) is 14.0 Å². The quantitative estimate of drug-likeness (QED) is 0.158. The largest absolute Gasteiger partial charge is 0.427 e. The second-order valence-electron chi connectivity index (χ2n) is 10.0. The molecule has 12 heteroatoms. The van der Waals surface area contributed by atoms with Crippen LogP contribution in [0.3, 0.4) is 0 Å². The molecular weight excluding hydrogens is 548 g/mol. The third-order valence-electron chi connectivity index (χ3n) is 7.69. The normalized spacial score (nSPS) is 20.9. The molecule has 0 bridgehead atoms. The minimum Gasteiger partial charge on any atom is -0.427 e. The molecule has 4 aromatic rings. The molecule has 3 N–H and O–H groups in total. The van der Waals surface area contributed by atoms with E-state index in [9.17, 15) is 14.9 Å². The van der Waals surface area contributed by atoms with Crippen LogP contribution >= 0.6 is 22.9 Å². The highest BCUT2D eigenvalue weighted by atomic mass is 35.5. The first-order valence-electron chi connectivity index (χ1n) is 12.2. The van der Waals surface area contributed by atoms with E-state index in [2.05, 4.69) is 33.3 Å². The van der Waals surface area contributed by atoms with E-state index in [1.165, 1.54) is 12.1 Å². The van der Waals surface area contributed by atoms with Crippen molar-refractivity contribution in [3.05, 3.63) is 52.8 Å². The van der Waals surface area contributed by atoms with Gasteiger partial charge in [0.25, 0.3) is 5.88 Å². The summed E-state index contributed by atoms with van der Waals surface area (Å²) in [6.07, 6.45) is 2.73. The summed E-state index contributed by atoms with van der Waals surface area (Å²) in [4.78, 5) is 15.2. The molecule has 2 aromatic heterocycles. The van der Waals surface area contributed by atoms with Crippen LogP contribution < -0.4 is 15.4 Å². The van der Waals surface area contributed by atoms with Crippen molar-refractivity contribution in [3.63, 3.8) is 0 Å². The van der Waals surface area contributed by atoms with Crippen LogP contribution in [0, 0.1) is 28.9 Å². The Labute approximate surface area is 230 Å². The Hall–Kier alpha value is -3.56. The van der Waals surface area contributed by atoms with Crippen molar-refractivity contribution in [3.8, 4) is 29.1 Å². The highest BCUT2D eigenvalue weighted by Crippen LogP contribution is 2.47. The SMILES string of the molecule is C=C(Oc1nc(OO)c2cc(Cl)c(-c3ccc(F)c4sc(N)c(C#N)c34)c(F)c2n1)[C@@]12CCCN1CC(C)C2.